The van der Waals surface area contributed by atoms with Gasteiger partial charge in [-0.1, -0.05) is 22.0 Å². The van der Waals surface area contributed by atoms with E-state index in [-0.39, 0.29) is 12.1 Å². The summed E-state index contributed by atoms with van der Waals surface area (Å²) in [6.45, 7) is 3.74. The number of hydrogen-bond acceptors (Lipinski definition) is 3. The lowest BCUT2D eigenvalue weighted by Crippen LogP contribution is -2.52. The summed E-state index contributed by atoms with van der Waals surface area (Å²) in [6.07, 6.45) is 0. The van der Waals surface area contributed by atoms with Gasteiger partial charge in [0.1, 0.15) is 0 Å². The number of anilines is 1. The van der Waals surface area contributed by atoms with Crippen LogP contribution in [-0.2, 0) is 6.54 Å². The lowest BCUT2D eigenvalue weighted by Gasteiger charge is -2.38. The lowest BCUT2D eigenvalue weighted by atomic mass is 10.1. The molecule has 0 aliphatic carbocycles. The zero-order valence-electron chi connectivity index (χ0n) is 10.6. The molecular weight excluding hydrogens is 308 g/mol. The number of halogens is 1. The third-order valence-electron chi connectivity index (χ3n) is 3.87. The van der Waals surface area contributed by atoms with Crippen LogP contribution in [0.2, 0.25) is 0 Å². The molecule has 3 N–H and O–H groups in total. The number of carbonyl (C=O) groups is 1. The van der Waals surface area contributed by atoms with Crippen LogP contribution in [0.3, 0.4) is 0 Å². The molecule has 1 aromatic carbocycles. The summed E-state index contributed by atoms with van der Waals surface area (Å²) in [5, 5.41) is 2.90. The summed E-state index contributed by atoms with van der Waals surface area (Å²) in [4.78, 5) is 15.9. The van der Waals surface area contributed by atoms with Crippen molar-refractivity contribution in [1.82, 2.24) is 10.2 Å². The van der Waals surface area contributed by atoms with E-state index in [1.165, 1.54) is 5.69 Å². The summed E-state index contributed by atoms with van der Waals surface area (Å²) in [5.74, 6) is 0. The lowest BCUT2D eigenvalue weighted by molar-refractivity contribution is 0.197. The monoisotopic (exact) mass is 324 g/mol. The molecular formula is C13H17BrN4O. The van der Waals surface area contributed by atoms with E-state index < -0.39 is 0 Å². The number of carbonyl (C=O) groups excluding carboxylic acids is 1. The van der Waals surface area contributed by atoms with Gasteiger partial charge in [0.25, 0.3) is 0 Å². The van der Waals surface area contributed by atoms with Crippen LogP contribution in [0.5, 0.6) is 0 Å². The Morgan fingerprint density at radius 2 is 2.26 bits per heavy atom. The van der Waals surface area contributed by atoms with Gasteiger partial charge in [0, 0.05) is 48.4 Å². The second-order valence-corrected chi connectivity index (χ2v) is 5.78. The number of nitrogens with one attached hydrogen (secondary N) is 1. The van der Waals surface area contributed by atoms with E-state index in [2.05, 4.69) is 32.2 Å². The van der Waals surface area contributed by atoms with Crippen LogP contribution in [0, 0.1) is 0 Å². The van der Waals surface area contributed by atoms with Crippen molar-refractivity contribution in [1.29, 1.82) is 0 Å². The molecule has 6 heteroatoms. The smallest absolute Gasteiger partial charge is 0.317 e. The van der Waals surface area contributed by atoms with Gasteiger partial charge in [0.15, 0.2) is 0 Å². The van der Waals surface area contributed by atoms with E-state index in [0.29, 0.717) is 6.54 Å². The fraction of sp³-hybridized carbons (Fsp3) is 0.462. The molecule has 2 aliphatic heterocycles. The summed E-state index contributed by atoms with van der Waals surface area (Å²) < 4.78 is 1.05. The summed E-state index contributed by atoms with van der Waals surface area (Å²) in [7, 11) is 0. The fourth-order valence-electron chi connectivity index (χ4n) is 2.87. The standard InChI is InChI=1S/C13H17BrN4O/c14-11-2-1-3-12(10(11)6-15)17-4-5-18-9(8-17)7-16-13(18)19/h1-3,9H,4-8,15H2,(H,16,19). The third kappa shape index (κ3) is 2.19. The second-order valence-electron chi connectivity index (χ2n) is 4.92. The zero-order chi connectivity index (χ0) is 13.4. The number of piperazine rings is 1. The number of benzene rings is 1. The molecule has 0 radical (unpaired) electrons. The van der Waals surface area contributed by atoms with Crippen molar-refractivity contribution in [3.63, 3.8) is 0 Å². The molecule has 0 aromatic heterocycles. The highest BCUT2D eigenvalue weighted by Crippen LogP contribution is 2.29. The molecule has 2 heterocycles. The van der Waals surface area contributed by atoms with Gasteiger partial charge in [-0.05, 0) is 12.1 Å². The molecule has 102 valence electrons. The first kappa shape index (κ1) is 12.7. The predicted octanol–water partition coefficient (Wildman–Crippen LogP) is 1.12. The summed E-state index contributed by atoms with van der Waals surface area (Å²) in [5.41, 5.74) is 8.16. The van der Waals surface area contributed by atoms with Crippen LogP contribution < -0.4 is 16.0 Å². The minimum atomic E-state index is 0.0675. The highest BCUT2D eigenvalue weighted by atomic mass is 79.9. The molecule has 19 heavy (non-hydrogen) atoms. The first-order chi connectivity index (χ1) is 9.20. The first-order valence-electron chi connectivity index (χ1n) is 6.47. The van der Waals surface area contributed by atoms with Crippen LogP contribution in [0.15, 0.2) is 22.7 Å². The van der Waals surface area contributed by atoms with E-state index in [9.17, 15) is 4.79 Å². The van der Waals surface area contributed by atoms with Crippen molar-refractivity contribution in [2.45, 2.75) is 12.6 Å². The van der Waals surface area contributed by atoms with Crippen molar-refractivity contribution in [3.8, 4) is 0 Å². The van der Waals surface area contributed by atoms with Crippen molar-refractivity contribution in [2.24, 2.45) is 5.73 Å². The molecule has 0 spiro atoms. The Bertz CT molecular complexity index is 507. The topological polar surface area (TPSA) is 61.6 Å². The van der Waals surface area contributed by atoms with Gasteiger partial charge in [0.05, 0.1) is 6.04 Å². The van der Waals surface area contributed by atoms with E-state index >= 15 is 0 Å². The Labute approximate surface area is 120 Å². The second kappa shape index (κ2) is 5.02. The maximum atomic E-state index is 11.6. The molecule has 1 atom stereocenters. The average molecular weight is 325 g/mol. The molecule has 3 rings (SSSR count). The highest BCUT2D eigenvalue weighted by Gasteiger charge is 2.35. The average Bonchev–Trinajstić information content (AvgIpc) is 2.79. The van der Waals surface area contributed by atoms with Crippen LogP contribution in [0.4, 0.5) is 10.5 Å². The number of fused-ring (bicyclic) bond motifs is 1. The third-order valence-corrected chi connectivity index (χ3v) is 4.61. The summed E-state index contributed by atoms with van der Waals surface area (Å²) in [6, 6.07) is 6.49. The van der Waals surface area contributed by atoms with Gasteiger partial charge in [-0.3, -0.25) is 0 Å². The van der Waals surface area contributed by atoms with Gasteiger partial charge in [-0.2, -0.15) is 0 Å². The normalized spacial score (nSPS) is 22.4. The number of hydrogen-bond donors (Lipinski definition) is 2. The fourth-order valence-corrected chi connectivity index (χ4v) is 3.39. The Balaban J connectivity index is 1.84. The largest absolute Gasteiger partial charge is 0.367 e. The van der Waals surface area contributed by atoms with E-state index in [0.717, 1.165) is 36.2 Å². The van der Waals surface area contributed by atoms with Gasteiger partial charge < -0.3 is 20.9 Å². The Morgan fingerprint density at radius 3 is 3.05 bits per heavy atom. The molecule has 5 nitrogen and oxygen atoms in total. The van der Waals surface area contributed by atoms with Crippen LogP contribution >= 0.6 is 15.9 Å². The minimum Gasteiger partial charge on any atom is -0.367 e. The van der Waals surface area contributed by atoms with Crippen LogP contribution in [0.1, 0.15) is 5.56 Å². The van der Waals surface area contributed by atoms with E-state index in [4.69, 9.17) is 5.73 Å². The molecule has 1 unspecified atom stereocenters. The summed E-state index contributed by atoms with van der Waals surface area (Å²) >= 11 is 3.56. The molecule has 2 amide bonds. The molecule has 2 aliphatic rings. The zero-order valence-corrected chi connectivity index (χ0v) is 12.2. The number of amides is 2. The SMILES string of the molecule is NCc1c(Br)cccc1N1CCN2C(=O)NCC2C1. The Hall–Kier alpha value is -1.27. The number of rotatable bonds is 2. The first-order valence-corrected chi connectivity index (χ1v) is 7.27. The van der Waals surface area contributed by atoms with Crippen molar-refractivity contribution < 1.29 is 4.79 Å². The molecule has 0 bridgehead atoms. The minimum absolute atomic E-state index is 0.0675. The number of nitrogens with two attached hydrogens (primary N) is 1. The highest BCUT2D eigenvalue weighted by molar-refractivity contribution is 9.10. The van der Waals surface area contributed by atoms with Crippen molar-refractivity contribution in [2.75, 3.05) is 31.1 Å². The van der Waals surface area contributed by atoms with E-state index in [1.54, 1.807) is 0 Å². The number of nitrogens with zero attached hydrogens (tertiary/aromatic N) is 2. The van der Waals surface area contributed by atoms with Gasteiger partial charge in [-0.15, -0.1) is 0 Å². The predicted molar refractivity (Wildman–Crippen MR) is 78.1 cm³/mol. The van der Waals surface area contributed by atoms with Crippen molar-refractivity contribution >= 4 is 27.6 Å². The molecule has 0 saturated carbocycles. The van der Waals surface area contributed by atoms with Crippen molar-refractivity contribution in [3.05, 3.63) is 28.2 Å². The van der Waals surface area contributed by atoms with Crippen LogP contribution in [0.25, 0.3) is 0 Å². The quantitative estimate of drug-likeness (QED) is 0.857. The molecule has 2 saturated heterocycles. The van der Waals surface area contributed by atoms with E-state index in [1.807, 2.05) is 17.0 Å². The van der Waals surface area contributed by atoms with Gasteiger partial charge in [-0.25, -0.2) is 4.79 Å². The maximum absolute atomic E-state index is 11.6. The van der Waals surface area contributed by atoms with Gasteiger partial charge >= 0.3 is 6.03 Å². The van der Waals surface area contributed by atoms with Gasteiger partial charge in [0.2, 0.25) is 0 Å². The Morgan fingerprint density at radius 1 is 1.42 bits per heavy atom. The number of urea groups is 1. The molecule has 2 fully saturated rings. The molecule has 1 aromatic rings. The Kier molecular flexibility index (Phi) is 3.36. The van der Waals surface area contributed by atoms with Crippen LogP contribution in [-0.4, -0.2) is 43.2 Å². The maximum Gasteiger partial charge on any atom is 0.317 e.